The second-order valence-corrected chi connectivity index (χ2v) is 21.8. The SMILES string of the molecule is Cc1cc(C(=O)N2CCN(Cc3ccccc3)CC2)ccc1NS(=O)(=O)c1cccc2c(-c3cccc(CN4CCN(C(=O)c5ccc(NS(=O)(=O)c6cccc7cccnc67)cc5Cl)CC4)c3)ccnc12. The number of para-hydroxylation sites is 2. The summed E-state index contributed by atoms with van der Waals surface area (Å²) < 4.78 is 60.4. The lowest BCUT2D eigenvalue weighted by Crippen LogP contribution is -2.48. The van der Waals surface area contributed by atoms with Crippen molar-refractivity contribution in [2.75, 3.05) is 61.8 Å². The number of pyridine rings is 2. The van der Waals surface area contributed by atoms with E-state index in [-0.39, 0.29) is 37.9 Å². The van der Waals surface area contributed by atoms with Gasteiger partial charge in [-0.25, -0.2) is 16.8 Å². The van der Waals surface area contributed by atoms with Crippen molar-refractivity contribution in [3.63, 3.8) is 0 Å². The number of hydrogen-bond donors (Lipinski definition) is 2. The summed E-state index contributed by atoms with van der Waals surface area (Å²) in [5.74, 6) is -0.319. The number of halogens is 1. The molecule has 2 amide bonds. The third kappa shape index (κ3) is 10.4. The molecule has 0 radical (unpaired) electrons. The number of nitrogens with one attached hydrogen (secondary N) is 2. The van der Waals surface area contributed by atoms with Crippen LogP contribution in [-0.4, -0.2) is 111 Å². The highest BCUT2D eigenvalue weighted by Crippen LogP contribution is 2.33. The van der Waals surface area contributed by atoms with E-state index in [2.05, 4.69) is 47.4 Å². The van der Waals surface area contributed by atoms with Gasteiger partial charge in [0.25, 0.3) is 31.9 Å². The Hall–Kier alpha value is -7.21. The van der Waals surface area contributed by atoms with Crippen molar-refractivity contribution in [1.29, 1.82) is 0 Å². The molecule has 2 aliphatic rings. The quantitative estimate of drug-likeness (QED) is 0.114. The van der Waals surface area contributed by atoms with Crippen LogP contribution in [0.4, 0.5) is 11.4 Å². The van der Waals surface area contributed by atoms with Gasteiger partial charge in [0.2, 0.25) is 0 Å². The molecular weight excluding hydrogens is 968 g/mol. The van der Waals surface area contributed by atoms with Crippen molar-refractivity contribution < 1.29 is 26.4 Å². The van der Waals surface area contributed by atoms with Crippen LogP contribution >= 0.6 is 11.6 Å². The van der Waals surface area contributed by atoms with Crippen LogP contribution in [0.3, 0.4) is 0 Å². The number of carbonyl (C=O) groups is 2. The molecular formula is C55H51ClN8O6S2. The lowest BCUT2D eigenvalue weighted by molar-refractivity contribution is 0.0622. The molecule has 0 aliphatic carbocycles. The average molecular weight is 1020 g/mol. The number of carbonyl (C=O) groups excluding carboxylic acids is 2. The Bertz CT molecular complexity index is 3580. The topological polar surface area (TPSA) is 165 Å². The number of aromatic nitrogens is 2. The highest BCUT2D eigenvalue weighted by molar-refractivity contribution is 7.93. The number of anilines is 2. The van der Waals surface area contributed by atoms with Crippen molar-refractivity contribution in [2.45, 2.75) is 29.8 Å². The van der Waals surface area contributed by atoms with Crippen molar-refractivity contribution in [2.24, 2.45) is 0 Å². The normalized spacial score (nSPS) is 14.9. The van der Waals surface area contributed by atoms with E-state index in [9.17, 15) is 26.4 Å². The van der Waals surface area contributed by atoms with Crippen LogP contribution in [0.25, 0.3) is 32.9 Å². The number of piperazine rings is 2. The number of rotatable bonds is 13. The molecule has 10 rings (SSSR count). The molecule has 4 heterocycles. The maximum Gasteiger partial charge on any atom is 0.264 e. The lowest BCUT2D eigenvalue weighted by Gasteiger charge is -2.35. The first-order valence-corrected chi connectivity index (χ1v) is 27.0. The van der Waals surface area contributed by atoms with Gasteiger partial charge in [0.15, 0.2) is 0 Å². The van der Waals surface area contributed by atoms with Gasteiger partial charge >= 0.3 is 0 Å². The molecule has 8 aromatic rings. The third-order valence-corrected chi connectivity index (χ3v) is 16.4. The lowest BCUT2D eigenvalue weighted by atomic mass is 9.99. The highest BCUT2D eigenvalue weighted by atomic mass is 35.5. The molecule has 72 heavy (non-hydrogen) atoms. The van der Waals surface area contributed by atoms with Crippen LogP contribution in [0.5, 0.6) is 0 Å². The van der Waals surface area contributed by atoms with Gasteiger partial charge in [0.05, 0.1) is 33.0 Å². The molecule has 14 nitrogen and oxygen atoms in total. The molecule has 2 N–H and O–H groups in total. The molecule has 366 valence electrons. The summed E-state index contributed by atoms with van der Waals surface area (Å²) in [4.78, 5) is 44.4. The Balaban J connectivity index is 0.763. The second-order valence-electron chi connectivity index (χ2n) is 18.1. The van der Waals surface area contributed by atoms with Gasteiger partial charge in [0, 0.05) is 94.2 Å². The number of aryl methyl sites for hydroxylation is 1. The molecule has 6 aromatic carbocycles. The van der Waals surface area contributed by atoms with Crippen LogP contribution in [0, 0.1) is 6.92 Å². The van der Waals surface area contributed by atoms with E-state index in [4.69, 9.17) is 11.6 Å². The molecule has 2 saturated heterocycles. The fourth-order valence-electron chi connectivity index (χ4n) is 9.49. The van der Waals surface area contributed by atoms with Crippen LogP contribution in [0.2, 0.25) is 5.02 Å². The summed E-state index contributed by atoms with van der Waals surface area (Å²) in [7, 11) is -8.12. The maximum absolute atomic E-state index is 14.1. The fraction of sp³-hybridized carbons (Fsp3) is 0.200. The Morgan fingerprint density at radius 2 is 1.19 bits per heavy atom. The van der Waals surface area contributed by atoms with Crippen molar-refractivity contribution in [1.82, 2.24) is 29.6 Å². The summed E-state index contributed by atoms with van der Waals surface area (Å²) in [5, 5.41) is 1.50. The van der Waals surface area contributed by atoms with Gasteiger partial charge in [-0.05, 0) is 101 Å². The Kier molecular flexibility index (Phi) is 13.8. The zero-order chi connectivity index (χ0) is 50.0. The van der Waals surface area contributed by atoms with Crippen molar-refractivity contribution >= 4 is 76.6 Å². The molecule has 2 fully saturated rings. The monoisotopic (exact) mass is 1020 g/mol. The molecule has 0 unspecified atom stereocenters. The Labute approximate surface area is 424 Å². The summed E-state index contributed by atoms with van der Waals surface area (Å²) >= 11 is 6.62. The standard InChI is InChI=1S/C55H51ClN8O6S2/c1-38-33-43(54(65)63-29-25-61(26-30-63)36-39-9-3-2-4-10-39)18-21-49(38)60-72(69,70)51-17-7-15-46-45(22-24-58-53(46)51)42-13-5-11-40(34-42)37-62-27-31-64(32-28-62)55(66)47-20-19-44(35-48(47)56)59-71(67,68)50-16-6-12-41-14-8-23-57-52(41)50/h2-24,33-35,59-60H,25-32,36-37H2,1H3. The number of nitrogens with zero attached hydrogens (tertiary/aromatic N) is 6. The van der Waals surface area contributed by atoms with E-state index < -0.39 is 20.0 Å². The van der Waals surface area contributed by atoms with Gasteiger partial charge in [-0.3, -0.25) is 38.8 Å². The predicted octanol–water partition coefficient (Wildman–Crippen LogP) is 8.93. The van der Waals surface area contributed by atoms with E-state index >= 15 is 0 Å². The Morgan fingerprint density at radius 1 is 0.569 bits per heavy atom. The van der Waals surface area contributed by atoms with Gasteiger partial charge in [-0.1, -0.05) is 90.5 Å². The van der Waals surface area contributed by atoms with Crippen molar-refractivity contribution in [3.8, 4) is 11.1 Å². The molecule has 17 heteroatoms. The molecule has 0 saturated carbocycles. The summed E-state index contributed by atoms with van der Waals surface area (Å²) in [6, 6.07) is 43.5. The number of amides is 2. The minimum absolute atomic E-state index is 0.0355. The van der Waals surface area contributed by atoms with Crippen LogP contribution < -0.4 is 9.44 Å². The molecule has 2 aliphatic heterocycles. The number of benzene rings is 6. The number of fused-ring (bicyclic) bond motifs is 2. The smallest absolute Gasteiger partial charge is 0.264 e. The Morgan fingerprint density at radius 3 is 1.92 bits per heavy atom. The maximum atomic E-state index is 14.1. The van der Waals surface area contributed by atoms with E-state index in [1.165, 1.54) is 23.8 Å². The molecule has 0 bridgehead atoms. The first kappa shape index (κ1) is 48.4. The first-order chi connectivity index (χ1) is 34.8. The number of hydrogen-bond acceptors (Lipinski definition) is 10. The van der Waals surface area contributed by atoms with E-state index in [1.807, 2.05) is 53.4 Å². The van der Waals surface area contributed by atoms with Crippen molar-refractivity contribution in [3.05, 3.63) is 191 Å². The van der Waals surface area contributed by atoms with Gasteiger partial charge in [-0.15, -0.1) is 0 Å². The van der Waals surface area contributed by atoms with Gasteiger partial charge in [0.1, 0.15) is 9.79 Å². The first-order valence-electron chi connectivity index (χ1n) is 23.6. The zero-order valence-corrected chi connectivity index (χ0v) is 41.8. The third-order valence-electron chi connectivity index (χ3n) is 13.3. The molecule has 2 aromatic heterocycles. The largest absolute Gasteiger partial charge is 0.336 e. The second kappa shape index (κ2) is 20.5. The molecule has 0 spiro atoms. The van der Waals surface area contributed by atoms with Crippen LogP contribution in [0.15, 0.2) is 168 Å². The van der Waals surface area contributed by atoms with E-state index in [0.717, 1.165) is 36.3 Å². The number of sulfonamides is 2. The fourth-order valence-corrected chi connectivity index (χ4v) is 12.3. The minimum Gasteiger partial charge on any atom is -0.336 e. The summed E-state index contributed by atoms with van der Waals surface area (Å²) in [6.07, 6.45) is 3.16. The van der Waals surface area contributed by atoms with E-state index in [1.54, 1.807) is 84.9 Å². The van der Waals surface area contributed by atoms with E-state index in [0.29, 0.717) is 84.4 Å². The summed E-state index contributed by atoms with van der Waals surface area (Å²) in [5.41, 5.74) is 6.72. The summed E-state index contributed by atoms with van der Waals surface area (Å²) in [6.45, 7) is 8.18. The van der Waals surface area contributed by atoms with Gasteiger partial charge in [-0.2, -0.15) is 0 Å². The highest BCUT2D eigenvalue weighted by Gasteiger charge is 2.27. The van der Waals surface area contributed by atoms with Crippen LogP contribution in [0.1, 0.15) is 37.4 Å². The van der Waals surface area contributed by atoms with Crippen LogP contribution in [-0.2, 0) is 33.1 Å². The predicted molar refractivity (Wildman–Crippen MR) is 282 cm³/mol. The van der Waals surface area contributed by atoms with Gasteiger partial charge < -0.3 is 9.80 Å². The average Bonchev–Trinajstić information content (AvgIpc) is 3.39. The minimum atomic E-state index is -4.11. The molecule has 0 atom stereocenters. The zero-order valence-electron chi connectivity index (χ0n) is 39.4.